The number of hydrogen-bond acceptors (Lipinski definition) is 4. The highest BCUT2D eigenvalue weighted by Crippen LogP contribution is 2.32. The average Bonchev–Trinajstić information content (AvgIpc) is 3.11. The fourth-order valence-electron chi connectivity index (χ4n) is 1.99. The molecule has 17 heavy (non-hydrogen) atoms. The van der Waals surface area contributed by atoms with Crippen molar-refractivity contribution in [2.24, 2.45) is 5.92 Å². The van der Waals surface area contributed by atoms with Crippen molar-refractivity contribution < 1.29 is 14.3 Å². The SMILES string of the molecule is CNC(C)(CC(C)OCCC1CC1)C(=O)OC. The molecule has 1 saturated carbocycles. The van der Waals surface area contributed by atoms with E-state index in [1.165, 1.54) is 20.0 Å². The Kier molecular flexibility index (Phi) is 5.40. The lowest BCUT2D eigenvalue weighted by molar-refractivity contribution is -0.149. The van der Waals surface area contributed by atoms with Crippen LogP contribution in [0.2, 0.25) is 0 Å². The van der Waals surface area contributed by atoms with Gasteiger partial charge in [0, 0.05) is 13.0 Å². The van der Waals surface area contributed by atoms with Crippen LogP contribution in [0.5, 0.6) is 0 Å². The van der Waals surface area contributed by atoms with Crippen molar-refractivity contribution in [3.05, 3.63) is 0 Å². The molecule has 0 radical (unpaired) electrons. The third-order valence-electron chi connectivity index (χ3n) is 3.51. The largest absolute Gasteiger partial charge is 0.468 e. The van der Waals surface area contributed by atoms with Gasteiger partial charge in [0.25, 0.3) is 0 Å². The summed E-state index contributed by atoms with van der Waals surface area (Å²) in [6.07, 6.45) is 4.55. The first kappa shape index (κ1) is 14.5. The highest BCUT2D eigenvalue weighted by Gasteiger charge is 2.34. The summed E-state index contributed by atoms with van der Waals surface area (Å²) in [5.41, 5.74) is -0.659. The van der Waals surface area contributed by atoms with Crippen molar-refractivity contribution in [2.45, 2.75) is 51.2 Å². The number of esters is 1. The number of nitrogens with one attached hydrogen (secondary N) is 1. The molecule has 0 aromatic heterocycles. The first-order chi connectivity index (χ1) is 8.01. The molecule has 0 aromatic carbocycles. The van der Waals surface area contributed by atoms with Gasteiger partial charge in [-0.2, -0.15) is 0 Å². The van der Waals surface area contributed by atoms with Gasteiger partial charge in [-0.1, -0.05) is 12.8 Å². The molecule has 1 N–H and O–H groups in total. The molecule has 1 fully saturated rings. The van der Waals surface area contributed by atoms with Gasteiger partial charge in [-0.05, 0) is 33.2 Å². The number of ether oxygens (including phenoxy) is 2. The minimum Gasteiger partial charge on any atom is -0.468 e. The van der Waals surface area contributed by atoms with Crippen LogP contribution < -0.4 is 5.32 Å². The van der Waals surface area contributed by atoms with E-state index in [0.717, 1.165) is 18.9 Å². The maximum Gasteiger partial charge on any atom is 0.325 e. The standard InChI is InChI=1S/C13H25NO3/c1-10(17-8-7-11-5-6-11)9-13(2,14-3)12(15)16-4/h10-11,14H,5-9H2,1-4H3. The molecule has 4 heteroatoms. The minimum atomic E-state index is -0.659. The van der Waals surface area contributed by atoms with E-state index >= 15 is 0 Å². The van der Waals surface area contributed by atoms with Crippen molar-refractivity contribution in [3.8, 4) is 0 Å². The molecule has 1 rings (SSSR count). The summed E-state index contributed by atoms with van der Waals surface area (Å²) in [6, 6.07) is 0. The molecule has 0 spiro atoms. The van der Waals surface area contributed by atoms with Gasteiger partial charge in [0.2, 0.25) is 0 Å². The Labute approximate surface area is 104 Å². The average molecular weight is 243 g/mol. The molecule has 0 heterocycles. The van der Waals surface area contributed by atoms with Gasteiger partial charge >= 0.3 is 5.97 Å². The molecule has 4 nitrogen and oxygen atoms in total. The topological polar surface area (TPSA) is 47.6 Å². The molecule has 0 aliphatic heterocycles. The van der Waals surface area contributed by atoms with Crippen LogP contribution in [-0.4, -0.2) is 38.4 Å². The fourth-order valence-corrected chi connectivity index (χ4v) is 1.99. The van der Waals surface area contributed by atoms with E-state index in [-0.39, 0.29) is 12.1 Å². The maximum absolute atomic E-state index is 11.7. The van der Waals surface area contributed by atoms with Crippen LogP contribution in [0.1, 0.15) is 39.5 Å². The van der Waals surface area contributed by atoms with Crippen LogP contribution >= 0.6 is 0 Å². The number of carbonyl (C=O) groups is 1. The predicted molar refractivity (Wildman–Crippen MR) is 66.9 cm³/mol. The Hall–Kier alpha value is -0.610. The summed E-state index contributed by atoms with van der Waals surface area (Å²) in [4.78, 5) is 11.7. The van der Waals surface area contributed by atoms with E-state index in [2.05, 4.69) is 5.32 Å². The highest BCUT2D eigenvalue weighted by atomic mass is 16.5. The Balaban J connectivity index is 2.29. The summed E-state index contributed by atoms with van der Waals surface area (Å²) in [6.45, 7) is 4.65. The van der Waals surface area contributed by atoms with E-state index in [4.69, 9.17) is 9.47 Å². The monoisotopic (exact) mass is 243 g/mol. The smallest absolute Gasteiger partial charge is 0.325 e. The summed E-state index contributed by atoms with van der Waals surface area (Å²) in [7, 11) is 3.18. The summed E-state index contributed by atoms with van der Waals surface area (Å²) in [5.74, 6) is 0.649. The van der Waals surface area contributed by atoms with Gasteiger partial charge in [0.1, 0.15) is 5.54 Å². The second-order valence-electron chi connectivity index (χ2n) is 5.19. The lowest BCUT2D eigenvalue weighted by Crippen LogP contribution is -2.50. The van der Waals surface area contributed by atoms with Crippen molar-refractivity contribution >= 4 is 5.97 Å². The van der Waals surface area contributed by atoms with Crippen LogP contribution in [0.4, 0.5) is 0 Å². The molecule has 100 valence electrons. The first-order valence-corrected chi connectivity index (χ1v) is 6.40. The molecule has 2 atom stereocenters. The van der Waals surface area contributed by atoms with Gasteiger partial charge in [-0.3, -0.25) is 4.79 Å². The van der Waals surface area contributed by atoms with E-state index < -0.39 is 5.54 Å². The summed E-state index contributed by atoms with van der Waals surface area (Å²) < 4.78 is 10.5. The summed E-state index contributed by atoms with van der Waals surface area (Å²) in [5, 5.41) is 3.02. The zero-order valence-corrected chi connectivity index (χ0v) is 11.4. The molecule has 0 amide bonds. The maximum atomic E-state index is 11.7. The second kappa shape index (κ2) is 6.36. The number of likely N-dealkylation sites (N-methyl/N-ethyl adjacent to an activating group) is 1. The number of hydrogen-bond donors (Lipinski definition) is 1. The van der Waals surface area contributed by atoms with Gasteiger partial charge in [-0.15, -0.1) is 0 Å². The minimum absolute atomic E-state index is 0.0605. The normalized spacial score (nSPS) is 20.7. The van der Waals surface area contributed by atoms with Crippen LogP contribution in [0.3, 0.4) is 0 Å². The molecule has 0 saturated heterocycles. The van der Waals surface area contributed by atoms with Crippen LogP contribution in [0, 0.1) is 5.92 Å². The zero-order chi connectivity index (χ0) is 12.9. The number of rotatable bonds is 8. The van der Waals surface area contributed by atoms with Crippen molar-refractivity contribution in [3.63, 3.8) is 0 Å². The van der Waals surface area contributed by atoms with Crippen LogP contribution in [0.15, 0.2) is 0 Å². The van der Waals surface area contributed by atoms with E-state index in [0.29, 0.717) is 6.42 Å². The predicted octanol–water partition coefficient (Wildman–Crippen LogP) is 1.73. The molecule has 0 bridgehead atoms. The molecular formula is C13H25NO3. The van der Waals surface area contributed by atoms with E-state index in [1.807, 2.05) is 13.8 Å². The fraction of sp³-hybridized carbons (Fsp3) is 0.923. The summed E-state index contributed by atoms with van der Waals surface area (Å²) >= 11 is 0. The van der Waals surface area contributed by atoms with E-state index in [9.17, 15) is 4.79 Å². The third-order valence-corrected chi connectivity index (χ3v) is 3.51. The second-order valence-corrected chi connectivity index (χ2v) is 5.19. The van der Waals surface area contributed by atoms with Crippen LogP contribution in [-0.2, 0) is 14.3 Å². The lowest BCUT2D eigenvalue weighted by Gasteiger charge is -2.29. The zero-order valence-electron chi connectivity index (χ0n) is 11.4. The number of carbonyl (C=O) groups excluding carboxylic acids is 1. The van der Waals surface area contributed by atoms with Gasteiger partial charge in [0.15, 0.2) is 0 Å². The molecule has 1 aliphatic rings. The van der Waals surface area contributed by atoms with Crippen molar-refractivity contribution in [1.82, 2.24) is 5.32 Å². The van der Waals surface area contributed by atoms with E-state index in [1.54, 1.807) is 7.05 Å². The highest BCUT2D eigenvalue weighted by molar-refractivity contribution is 5.80. The molecular weight excluding hydrogens is 218 g/mol. The molecule has 2 unspecified atom stereocenters. The Morgan fingerprint density at radius 1 is 1.53 bits per heavy atom. The van der Waals surface area contributed by atoms with Crippen molar-refractivity contribution in [2.75, 3.05) is 20.8 Å². The number of methoxy groups -OCH3 is 1. The Bertz CT molecular complexity index is 253. The van der Waals surface area contributed by atoms with Gasteiger partial charge < -0.3 is 14.8 Å². The Morgan fingerprint density at radius 2 is 2.18 bits per heavy atom. The third kappa shape index (κ3) is 4.64. The quantitative estimate of drug-likeness (QED) is 0.660. The van der Waals surface area contributed by atoms with Crippen LogP contribution in [0.25, 0.3) is 0 Å². The van der Waals surface area contributed by atoms with Gasteiger partial charge in [0.05, 0.1) is 13.2 Å². The Morgan fingerprint density at radius 3 is 2.65 bits per heavy atom. The van der Waals surface area contributed by atoms with Gasteiger partial charge in [-0.25, -0.2) is 0 Å². The lowest BCUT2D eigenvalue weighted by atomic mass is 9.95. The first-order valence-electron chi connectivity index (χ1n) is 6.40. The molecule has 1 aliphatic carbocycles. The van der Waals surface area contributed by atoms with Crippen molar-refractivity contribution in [1.29, 1.82) is 0 Å². The molecule has 0 aromatic rings.